The molecule has 0 saturated heterocycles. The van der Waals surface area contributed by atoms with Crippen LogP contribution in [-0.2, 0) is 18.9 Å². The Hall–Kier alpha value is -2.77. The minimum absolute atomic E-state index is 0.0394. The summed E-state index contributed by atoms with van der Waals surface area (Å²) in [7, 11) is 0. The van der Waals surface area contributed by atoms with Gasteiger partial charge in [-0.25, -0.2) is 4.98 Å². The maximum absolute atomic E-state index is 13.0. The summed E-state index contributed by atoms with van der Waals surface area (Å²) in [6, 6.07) is 10.6. The highest BCUT2D eigenvalue weighted by atomic mass is 19.4. The van der Waals surface area contributed by atoms with Crippen LogP contribution in [0.25, 0.3) is 11.3 Å². The molecule has 26 heavy (non-hydrogen) atoms. The van der Waals surface area contributed by atoms with Crippen LogP contribution in [0, 0.1) is 0 Å². The lowest BCUT2D eigenvalue weighted by Crippen LogP contribution is -2.11. The van der Waals surface area contributed by atoms with Crippen LogP contribution < -0.4 is 0 Å². The van der Waals surface area contributed by atoms with Gasteiger partial charge in [0.05, 0.1) is 23.1 Å². The zero-order valence-corrected chi connectivity index (χ0v) is 13.1. The van der Waals surface area contributed by atoms with Gasteiger partial charge in [0.2, 0.25) is 0 Å². The fraction of sp³-hybridized carbons (Fsp3) is 0.167. The molecule has 8 heteroatoms. The molecule has 0 unspecified atom stereocenters. The van der Waals surface area contributed by atoms with E-state index in [0.717, 1.165) is 5.56 Å². The standard InChI is InChI=1S/C18H12F6N2/c19-17(20,21)14-6-13(7-15(8-14)18(22,23)24)16-10-26(11-25-16)9-12-4-2-1-3-5-12/h1-8,10-11H,9H2. The molecule has 0 bridgehead atoms. The van der Waals surface area contributed by atoms with Gasteiger partial charge in [0.25, 0.3) is 0 Å². The Labute approximate surface area is 144 Å². The SMILES string of the molecule is FC(F)(F)c1cc(-c2cn(Cc3ccccc3)cn2)cc(C(F)(F)F)c1. The van der Waals surface area contributed by atoms with Crippen molar-refractivity contribution in [3.63, 3.8) is 0 Å². The third-order valence-electron chi connectivity index (χ3n) is 3.72. The van der Waals surface area contributed by atoms with Gasteiger partial charge in [-0.3, -0.25) is 0 Å². The van der Waals surface area contributed by atoms with Crippen LogP contribution in [-0.4, -0.2) is 9.55 Å². The second kappa shape index (κ2) is 6.51. The molecule has 0 saturated carbocycles. The molecule has 2 aromatic carbocycles. The normalized spacial score (nSPS) is 12.4. The van der Waals surface area contributed by atoms with E-state index in [4.69, 9.17) is 0 Å². The first kappa shape index (κ1) is 18.0. The molecule has 0 aliphatic rings. The molecule has 0 amide bonds. The number of benzene rings is 2. The van der Waals surface area contributed by atoms with Gasteiger partial charge in [-0.2, -0.15) is 26.3 Å². The number of imidazole rings is 1. The monoisotopic (exact) mass is 370 g/mol. The van der Waals surface area contributed by atoms with E-state index in [0.29, 0.717) is 18.7 Å². The molecule has 0 atom stereocenters. The number of hydrogen-bond acceptors (Lipinski definition) is 1. The van der Waals surface area contributed by atoms with Gasteiger partial charge in [-0.15, -0.1) is 0 Å². The summed E-state index contributed by atoms with van der Waals surface area (Å²) in [5.74, 6) is 0. The van der Waals surface area contributed by atoms with E-state index < -0.39 is 23.5 Å². The predicted molar refractivity (Wildman–Crippen MR) is 83.2 cm³/mol. The molecule has 0 aliphatic heterocycles. The molecular formula is C18H12F6N2. The molecule has 2 nitrogen and oxygen atoms in total. The van der Waals surface area contributed by atoms with E-state index in [9.17, 15) is 26.3 Å². The van der Waals surface area contributed by atoms with Gasteiger partial charge in [-0.1, -0.05) is 30.3 Å². The van der Waals surface area contributed by atoms with Crippen LogP contribution in [0.2, 0.25) is 0 Å². The summed E-state index contributed by atoms with van der Waals surface area (Å²) in [5, 5.41) is 0. The third-order valence-corrected chi connectivity index (χ3v) is 3.72. The summed E-state index contributed by atoms with van der Waals surface area (Å²) in [4.78, 5) is 3.96. The second-order valence-corrected chi connectivity index (χ2v) is 5.71. The van der Waals surface area contributed by atoms with Gasteiger partial charge in [0, 0.05) is 18.3 Å². The zero-order chi connectivity index (χ0) is 18.9. The Morgan fingerprint density at radius 1 is 0.808 bits per heavy atom. The number of halogens is 6. The Morgan fingerprint density at radius 3 is 1.92 bits per heavy atom. The zero-order valence-electron chi connectivity index (χ0n) is 13.1. The third kappa shape index (κ3) is 4.07. The smallest absolute Gasteiger partial charge is 0.332 e. The summed E-state index contributed by atoms with van der Waals surface area (Å²) in [5.41, 5.74) is -1.99. The molecule has 0 spiro atoms. The highest BCUT2D eigenvalue weighted by Gasteiger charge is 2.37. The summed E-state index contributed by atoms with van der Waals surface area (Å²) < 4.78 is 79.3. The van der Waals surface area contributed by atoms with Crippen molar-refractivity contribution in [1.29, 1.82) is 0 Å². The maximum Gasteiger partial charge on any atom is 0.416 e. The minimum atomic E-state index is -4.89. The van der Waals surface area contributed by atoms with Gasteiger partial charge < -0.3 is 4.57 Å². The van der Waals surface area contributed by atoms with Crippen LogP contribution in [0.3, 0.4) is 0 Å². The van der Waals surface area contributed by atoms with Gasteiger partial charge in [0.15, 0.2) is 0 Å². The number of nitrogens with zero attached hydrogens (tertiary/aromatic N) is 2. The Bertz CT molecular complexity index is 862. The molecule has 0 fully saturated rings. The molecule has 0 aliphatic carbocycles. The molecule has 136 valence electrons. The van der Waals surface area contributed by atoms with Crippen LogP contribution >= 0.6 is 0 Å². The van der Waals surface area contributed by atoms with Crippen molar-refractivity contribution in [3.8, 4) is 11.3 Å². The molecule has 0 radical (unpaired) electrons. The van der Waals surface area contributed by atoms with Crippen LogP contribution in [0.5, 0.6) is 0 Å². The van der Waals surface area contributed by atoms with Crippen molar-refractivity contribution in [2.45, 2.75) is 18.9 Å². The topological polar surface area (TPSA) is 17.8 Å². The lowest BCUT2D eigenvalue weighted by molar-refractivity contribution is -0.143. The second-order valence-electron chi connectivity index (χ2n) is 5.71. The summed E-state index contributed by atoms with van der Waals surface area (Å²) in [6.07, 6.45) is -6.98. The molecule has 3 aromatic rings. The molecule has 1 heterocycles. The average molecular weight is 370 g/mol. The lowest BCUT2D eigenvalue weighted by Gasteiger charge is -2.13. The van der Waals surface area contributed by atoms with Crippen molar-refractivity contribution in [2.24, 2.45) is 0 Å². The number of alkyl halides is 6. The van der Waals surface area contributed by atoms with E-state index in [1.54, 1.807) is 4.57 Å². The Morgan fingerprint density at radius 2 is 1.38 bits per heavy atom. The van der Waals surface area contributed by atoms with Crippen molar-refractivity contribution >= 4 is 0 Å². The Balaban J connectivity index is 1.98. The largest absolute Gasteiger partial charge is 0.416 e. The lowest BCUT2D eigenvalue weighted by atomic mass is 10.0. The Kier molecular flexibility index (Phi) is 4.52. The molecule has 0 N–H and O–H groups in total. The van der Waals surface area contributed by atoms with E-state index in [1.165, 1.54) is 12.5 Å². The van der Waals surface area contributed by atoms with Crippen molar-refractivity contribution in [3.05, 3.63) is 77.7 Å². The summed E-state index contributed by atoms with van der Waals surface area (Å²) >= 11 is 0. The molecular weight excluding hydrogens is 358 g/mol. The number of aromatic nitrogens is 2. The maximum atomic E-state index is 13.0. The van der Waals surface area contributed by atoms with E-state index in [1.807, 2.05) is 30.3 Å². The van der Waals surface area contributed by atoms with Crippen molar-refractivity contribution in [1.82, 2.24) is 9.55 Å². The van der Waals surface area contributed by atoms with Crippen LogP contribution in [0.15, 0.2) is 61.1 Å². The van der Waals surface area contributed by atoms with Crippen molar-refractivity contribution in [2.75, 3.05) is 0 Å². The highest BCUT2D eigenvalue weighted by Crippen LogP contribution is 2.38. The molecule has 3 rings (SSSR count). The van der Waals surface area contributed by atoms with Gasteiger partial charge >= 0.3 is 12.4 Å². The van der Waals surface area contributed by atoms with E-state index in [2.05, 4.69) is 4.98 Å². The highest BCUT2D eigenvalue weighted by molar-refractivity contribution is 5.61. The average Bonchev–Trinajstić information content (AvgIpc) is 3.02. The van der Waals surface area contributed by atoms with E-state index in [-0.39, 0.29) is 17.3 Å². The first-order valence-corrected chi connectivity index (χ1v) is 7.48. The number of rotatable bonds is 3. The fourth-order valence-corrected chi connectivity index (χ4v) is 2.49. The predicted octanol–water partition coefficient (Wildman–Crippen LogP) is 5.64. The first-order chi connectivity index (χ1) is 12.1. The summed E-state index contributed by atoms with van der Waals surface area (Å²) in [6.45, 7) is 0.402. The number of hydrogen-bond donors (Lipinski definition) is 0. The molecule has 1 aromatic heterocycles. The van der Waals surface area contributed by atoms with Gasteiger partial charge in [0.1, 0.15) is 0 Å². The minimum Gasteiger partial charge on any atom is -0.332 e. The quantitative estimate of drug-likeness (QED) is 0.546. The van der Waals surface area contributed by atoms with Gasteiger partial charge in [-0.05, 0) is 23.8 Å². The van der Waals surface area contributed by atoms with E-state index >= 15 is 0 Å². The fourth-order valence-electron chi connectivity index (χ4n) is 2.49. The van der Waals surface area contributed by atoms with Crippen molar-refractivity contribution < 1.29 is 26.3 Å². The van der Waals surface area contributed by atoms with Crippen LogP contribution in [0.4, 0.5) is 26.3 Å². The first-order valence-electron chi connectivity index (χ1n) is 7.48. The van der Waals surface area contributed by atoms with Crippen LogP contribution in [0.1, 0.15) is 16.7 Å².